The molecule has 14 heavy (non-hydrogen) atoms. The van der Waals surface area contributed by atoms with E-state index in [9.17, 15) is 10.2 Å². The monoisotopic (exact) mass is 199 g/mol. The number of aliphatic hydroxyl groups is 2. The van der Waals surface area contributed by atoms with Gasteiger partial charge in [-0.1, -0.05) is 6.92 Å². The number of nitrogens with zero attached hydrogens (tertiary/aromatic N) is 1. The molecular weight excluding hydrogens is 178 g/mol. The highest BCUT2D eigenvalue weighted by Gasteiger charge is 2.42. The van der Waals surface area contributed by atoms with E-state index in [1.807, 2.05) is 0 Å². The van der Waals surface area contributed by atoms with Crippen LogP contribution >= 0.6 is 0 Å². The molecule has 0 aromatic rings. The van der Waals surface area contributed by atoms with Gasteiger partial charge in [0.05, 0.1) is 12.7 Å². The third-order valence-corrected chi connectivity index (χ3v) is 3.87. The lowest BCUT2D eigenvalue weighted by atomic mass is 9.97. The summed E-state index contributed by atoms with van der Waals surface area (Å²) in [7, 11) is 0. The first-order chi connectivity index (χ1) is 6.76. The Bertz CT molecular complexity index is 180. The molecule has 0 spiro atoms. The minimum absolute atomic E-state index is 0.0973. The van der Waals surface area contributed by atoms with Gasteiger partial charge in [0.25, 0.3) is 0 Å². The zero-order valence-corrected chi connectivity index (χ0v) is 8.89. The summed E-state index contributed by atoms with van der Waals surface area (Å²) >= 11 is 0. The van der Waals surface area contributed by atoms with Crippen molar-refractivity contribution in [2.75, 3.05) is 6.61 Å². The van der Waals surface area contributed by atoms with Crippen molar-refractivity contribution in [2.24, 2.45) is 0 Å². The van der Waals surface area contributed by atoms with Gasteiger partial charge < -0.3 is 10.2 Å². The molecule has 3 heteroatoms. The quantitative estimate of drug-likeness (QED) is 0.705. The fraction of sp³-hybridized carbons (Fsp3) is 1.00. The van der Waals surface area contributed by atoms with Gasteiger partial charge in [0.15, 0.2) is 0 Å². The van der Waals surface area contributed by atoms with Crippen LogP contribution in [0.4, 0.5) is 0 Å². The Morgan fingerprint density at radius 2 is 1.86 bits per heavy atom. The second kappa shape index (κ2) is 4.17. The van der Waals surface area contributed by atoms with Gasteiger partial charge in [-0.15, -0.1) is 0 Å². The van der Waals surface area contributed by atoms with Gasteiger partial charge in [-0.2, -0.15) is 0 Å². The van der Waals surface area contributed by atoms with Gasteiger partial charge in [0.2, 0.25) is 0 Å². The largest absolute Gasteiger partial charge is 0.395 e. The third-order valence-electron chi connectivity index (χ3n) is 3.87. The van der Waals surface area contributed by atoms with Gasteiger partial charge in [-0.25, -0.2) is 0 Å². The molecule has 0 aliphatic carbocycles. The molecule has 2 heterocycles. The molecule has 2 rings (SSSR count). The lowest BCUT2D eigenvalue weighted by Crippen LogP contribution is -2.51. The van der Waals surface area contributed by atoms with Crippen molar-refractivity contribution < 1.29 is 10.2 Å². The number of rotatable bonds is 3. The maximum atomic E-state index is 9.65. The molecule has 2 fully saturated rings. The average Bonchev–Trinajstić information content (AvgIpc) is 2.45. The van der Waals surface area contributed by atoms with Crippen molar-refractivity contribution in [3.8, 4) is 0 Å². The van der Waals surface area contributed by atoms with Gasteiger partial charge in [0, 0.05) is 18.1 Å². The minimum atomic E-state index is -0.0973. The van der Waals surface area contributed by atoms with Gasteiger partial charge in [-0.05, 0) is 32.1 Å². The Balaban J connectivity index is 2.06. The number of fused-ring (bicyclic) bond motifs is 2. The average molecular weight is 199 g/mol. The van der Waals surface area contributed by atoms with E-state index < -0.39 is 0 Å². The van der Waals surface area contributed by atoms with Gasteiger partial charge in [-0.3, -0.25) is 4.90 Å². The van der Waals surface area contributed by atoms with Crippen LogP contribution in [-0.4, -0.2) is 45.9 Å². The summed E-state index contributed by atoms with van der Waals surface area (Å²) in [6.45, 7) is 2.39. The molecule has 2 saturated heterocycles. The summed E-state index contributed by atoms with van der Waals surface area (Å²) in [6, 6.07) is 1.38. The van der Waals surface area contributed by atoms with Crippen molar-refractivity contribution in [1.82, 2.24) is 4.90 Å². The summed E-state index contributed by atoms with van der Waals surface area (Å²) in [5.41, 5.74) is 0. The van der Waals surface area contributed by atoms with E-state index in [1.54, 1.807) is 0 Å². The van der Waals surface area contributed by atoms with Crippen molar-refractivity contribution in [3.05, 3.63) is 0 Å². The predicted octanol–water partition coefficient (Wildman–Crippen LogP) is 0.745. The normalized spacial score (nSPS) is 40.1. The number of hydrogen-bond acceptors (Lipinski definition) is 3. The standard InChI is InChI=1S/C11H21NO2/c1-2-8(7-13)12-9-3-4-10(12)6-11(14)5-9/h8-11,13-14H,2-7H2,1H3/t8?,9-,10-/m1/s1. The summed E-state index contributed by atoms with van der Waals surface area (Å²) < 4.78 is 0. The van der Waals surface area contributed by atoms with Gasteiger partial charge in [0.1, 0.15) is 0 Å². The summed E-state index contributed by atoms with van der Waals surface area (Å²) in [4.78, 5) is 2.46. The Morgan fingerprint density at radius 1 is 1.29 bits per heavy atom. The van der Waals surface area contributed by atoms with E-state index in [0.29, 0.717) is 18.1 Å². The van der Waals surface area contributed by atoms with Crippen LogP contribution in [0, 0.1) is 0 Å². The predicted molar refractivity (Wildman–Crippen MR) is 55.1 cm³/mol. The highest BCUT2D eigenvalue weighted by atomic mass is 16.3. The summed E-state index contributed by atoms with van der Waals surface area (Å²) in [6.07, 6.45) is 5.15. The molecule has 82 valence electrons. The fourth-order valence-electron chi connectivity index (χ4n) is 3.22. The van der Waals surface area contributed by atoms with Crippen LogP contribution in [0.15, 0.2) is 0 Å². The van der Waals surface area contributed by atoms with E-state index in [0.717, 1.165) is 19.3 Å². The molecular formula is C11H21NO2. The first kappa shape index (κ1) is 10.4. The molecule has 1 unspecified atom stereocenters. The van der Waals surface area contributed by atoms with Crippen molar-refractivity contribution >= 4 is 0 Å². The van der Waals surface area contributed by atoms with Crippen molar-refractivity contribution in [3.63, 3.8) is 0 Å². The Kier molecular flexibility index (Phi) is 3.10. The minimum Gasteiger partial charge on any atom is -0.395 e. The second-order valence-electron chi connectivity index (χ2n) is 4.70. The van der Waals surface area contributed by atoms with E-state index in [-0.39, 0.29) is 12.7 Å². The SMILES string of the molecule is CCC(CO)N1[C@@H]2CC[C@@H]1CC(O)C2. The molecule has 2 N–H and O–H groups in total. The van der Waals surface area contributed by atoms with Crippen LogP contribution < -0.4 is 0 Å². The lowest BCUT2D eigenvalue weighted by molar-refractivity contribution is -0.00620. The van der Waals surface area contributed by atoms with Crippen LogP contribution in [0.2, 0.25) is 0 Å². The molecule has 0 saturated carbocycles. The number of piperidine rings is 1. The van der Waals surface area contributed by atoms with Crippen LogP contribution in [0.25, 0.3) is 0 Å². The number of hydrogen-bond donors (Lipinski definition) is 2. The molecule has 3 atom stereocenters. The zero-order chi connectivity index (χ0) is 10.1. The molecule has 0 amide bonds. The molecule has 2 bridgehead atoms. The van der Waals surface area contributed by atoms with E-state index in [2.05, 4.69) is 11.8 Å². The number of aliphatic hydroxyl groups excluding tert-OH is 2. The van der Waals surface area contributed by atoms with Gasteiger partial charge >= 0.3 is 0 Å². The molecule has 0 radical (unpaired) electrons. The Morgan fingerprint density at radius 3 is 2.29 bits per heavy atom. The summed E-state index contributed by atoms with van der Waals surface area (Å²) in [5.74, 6) is 0. The second-order valence-corrected chi connectivity index (χ2v) is 4.70. The highest BCUT2D eigenvalue weighted by Crippen LogP contribution is 2.37. The van der Waals surface area contributed by atoms with Crippen LogP contribution in [0.5, 0.6) is 0 Å². The molecule has 3 nitrogen and oxygen atoms in total. The van der Waals surface area contributed by atoms with E-state index in [4.69, 9.17) is 0 Å². The van der Waals surface area contributed by atoms with Crippen LogP contribution in [-0.2, 0) is 0 Å². The fourth-order valence-corrected chi connectivity index (χ4v) is 3.22. The first-order valence-electron chi connectivity index (χ1n) is 5.82. The first-order valence-corrected chi connectivity index (χ1v) is 5.82. The maximum absolute atomic E-state index is 9.65. The summed E-state index contributed by atoms with van der Waals surface area (Å²) in [5, 5.41) is 18.9. The maximum Gasteiger partial charge on any atom is 0.0586 e. The van der Waals surface area contributed by atoms with E-state index in [1.165, 1.54) is 12.8 Å². The smallest absolute Gasteiger partial charge is 0.0586 e. The Hall–Kier alpha value is -0.120. The lowest BCUT2D eigenvalue weighted by Gasteiger charge is -2.41. The van der Waals surface area contributed by atoms with Crippen LogP contribution in [0.3, 0.4) is 0 Å². The van der Waals surface area contributed by atoms with Crippen molar-refractivity contribution in [2.45, 2.75) is 63.3 Å². The topological polar surface area (TPSA) is 43.7 Å². The zero-order valence-electron chi connectivity index (χ0n) is 8.89. The highest BCUT2D eigenvalue weighted by molar-refractivity contribution is 4.97. The molecule has 2 aliphatic rings. The Labute approximate surface area is 85.7 Å². The van der Waals surface area contributed by atoms with Crippen molar-refractivity contribution in [1.29, 1.82) is 0 Å². The van der Waals surface area contributed by atoms with Crippen LogP contribution in [0.1, 0.15) is 39.0 Å². The molecule has 0 aromatic heterocycles. The molecule has 0 aromatic carbocycles. The third kappa shape index (κ3) is 1.69. The van der Waals surface area contributed by atoms with E-state index >= 15 is 0 Å². The molecule has 2 aliphatic heterocycles.